The second-order valence-corrected chi connectivity index (χ2v) is 8.93. The minimum Gasteiger partial charge on any atom is -0.463 e. The Morgan fingerprint density at radius 1 is 0.969 bits per heavy atom. The van der Waals surface area contributed by atoms with Crippen LogP contribution in [0.3, 0.4) is 0 Å². The summed E-state index contributed by atoms with van der Waals surface area (Å²) in [6.45, 7) is 6.53. The molecule has 0 unspecified atom stereocenters. The van der Waals surface area contributed by atoms with E-state index in [9.17, 15) is 18.0 Å². The third-order valence-electron chi connectivity index (χ3n) is 4.80. The Labute approximate surface area is 190 Å². The number of hydrogen-bond acceptors (Lipinski definition) is 5. The number of ether oxygens (including phenoxy) is 1. The Morgan fingerprint density at radius 3 is 2.16 bits per heavy atom. The van der Waals surface area contributed by atoms with Gasteiger partial charge in [0.05, 0.1) is 11.5 Å². The van der Waals surface area contributed by atoms with Gasteiger partial charge in [-0.15, -0.1) is 0 Å². The summed E-state index contributed by atoms with van der Waals surface area (Å²) in [7, 11) is -3.48. The van der Waals surface area contributed by atoms with Crippen molar-refractivity contribution in [2.75, 3.05) is 25.0 Å². The van der Waals surface area contributed by atoms with Gasteiger partial charge in [-0.25, -0.2) is 13.2 Å². The zero-order valence-electron chi connectivity index (χ0n) is 18.7. The fourth-order valence-corrected chi connectivity index (χ4v) is 4.51. The van der Waals surface area contributed by atoms with Gasteiger partial charge in [0.15, 0.2) is 0 Å². The molecule has 0 aliphatic rings. The Morgan fingerprint density at radius 2 is 1.59 bits per heavy atom. The Kier molecular flexibility index (Phi) is 9.61. The van der Waals surface area contributed by atoms with Crippen molar-refractivity contribution < 1.29 is 22.7 Å². The molecule has 0 bridgehead atoms. The van der Waals surface area contributed by atoms with E-state index in [0.29, 0.717) is 31.8 Å². The van der Waals surface area contributed by atoms with E-state index in [2.05, 4.69) is 5.32 Å². The number of sulfonamides is 1. The molecule has 1 amide bonds. The first-order valence-electron chi connectivity index (χ1n) is 10.6. The molecular formula is C24H30N2O5S. The molecule has 0 aliphatic carbocycles. The van der Waals surface area contributed by atoms with E-state index in [1.807, 2.05) is 13.8 Å². The van der Waals surface area contributed by atoms with E-state index >= 15 is 0 Å². The number of rotatable bonds is 11. The highest BCUT2D eigenvalue weighted by Gasteiger charge is 2.21. The Bertz CT molecular complexity index is 1030. The summed E-state index contributed by atoms with van der Waals surface area (Å²) in [4.78, 5) is 23.9. The number of amides is 1. The molecule has 0 aromatic heterocycles. The molecule has 2 aromatic carbocycles. The van der Waals surface area contributed by atoms with Crippen LogP contribution in [0.1, 0.15) is 38.3 Å². The second kappa shape index (κ2) is 12.2. The monoisotopic (exact) mass is 458 g/mol. The molecule has 0 radical (unpaired) electrons. The zero-order valence-corrected chi connectivity index (χ0v) is 19.5. The van der Waals surface area contributed by atoms with Crippen molar-refractivity contribution in [1.29, 1.82) is 0 Å². The number of nitrogens with one attached hydrogen (secondary N) is 1. The maximum absolute atomic E-state index is 12.5. The van der Waals surface area contributed by atoms with E-state index < -0.39 is 16.0 Å². The van der Waals surface area contributed by atoms with Gasteiger partial charge < -0.3 is 10.1 Å². The number of nitrogens with zero attached hydrogens (tertiary/aromatic N) is 1. The van der Waals surface area contributed by atoms with Crippen molar-refractivity contribution in [3.8, 4) is 0 Å². The van der Waals surface area contributed by atoms with Crippen LogP contribution in [0.2, 0.25) is 0 Å². The molecule has 7 nitrogen and oxygen atoms in total. The van der Waals surface area contributed by atoms with Crippen LogP contribution in [0.5, 0.6) is 0 Å². The topological polar surface area (TPSA) is 92.8 Å². The molecule has 0 saturated carbocycles. The number of esters is 1. The molecular weight excluding hydrogens is 428 g/mol. The molecule has 32 heavy (non-hydrogen) atoms. The number of aryl methyl sites for hydroxylation is 1. The molecule has 0 fully saturated rings. The maximum Gasteiger partial charge on any atom is 0.330 e. The predicted molar refractivity (Wildman–Crippen MR) is 126 cm³/mol. The first-order valence-corrected chi connectivity index (χ1v) is 12.1. The Hall–Kier alpha value is -2.97. The minimum absolute atomic E-state index is 0.139. The highest BCUT2D eigenvalue weighted by molar-refractivity contribution is 7.89. The fourth-order valence-electron chi connectivity index (χ4n) is 3.05. The van der Waals surface area contributed by atoms with Gasteiger partial charge in [-0.1, -0.05) is 38.1 Å². The normalized spacial score (nSPS) is 11.6. The molecule has 8 heteroatoms. The lowest BCUT2D eigenvalue weighted by Gasteiger charge is -2.18. The lowest BCUT2D eigenvalue weighted by atomic mass is 10.1. The number of anilines is 1. The molecule has 2 aromatic rings. The van der Waals surface area contributed by atoms with Crippen molar-refractivity contribution in [2.45, 2.75) is 38.5 Å². The van der Waals surface area contributed by atoms with Crippen LogP contribution < -0.4 is 5.32 Å². The molecule has 0 spiro atoms. The zero-order chi connectivity index (χ0) is 23.6. The van der Waals surface area contributed by atoms with Crippen LogP contribution in [0.25, 0.3) is 6.08 Å². The molecule has 2 rings (SSSR count). The van der Waals surface area contributed by atoms with Gasteiger partial charge in [-0.3, -0.25) is 4.79 Å². The molecule has 1 N–H and O–H groups in total. The standard InChI is InChI=1S/C24H30N2O5S/c1-4-26(5-2)32(29,30)22-15-9-20(10-16-22)11-17-23(27)25-21-13-7-19(8-14-21)12-18-24(28)31-6-3/h7-10,12-16,18H,4-6,11,17H2,1-3H3,(H,25,27)/b18-12+. The van der Waals surface area contributed by atoms with Gasteiger partial charge in [0, 0.05) is 31.3 Å². The quantitative estimate of drug-likeness (QED) is 0.408. The second-order valence-electron chi connectivity index (χ2n) is 6.99. The highest BCUT2D eigenvalue weighted by atomic mass is 32.2. The van der Waals surface area contributed by atoms with Gasteiger partial charge >= 0.3 is 5.97 Å². The largest absolute Gasteiger partial charge is 0.463 e. The number of carbonyl (C=O) groups is 2. The molecule has 0 saturated heterocycles. The summed E-state index contributed by atoms with van der Waals surface area (Å²) in [5.41, 5.74) is 2.36. The lowest BCUT2D eigenvalue weighted by molar-refractivity contribution is -0.137. The first kappa shape index (κ1) is 25.3. The summed E-state index contributed by atoms with van der Waals surface area (Å²) in [5.74, 6) is -0.539. The van der Waals surface area contributed by atoms with Crippen molar-refractivity contribution >= 4 is 33.7 Å². The van der Waals surface area contributed by atoms with Crippen molar-refractivity contribution in [2.24, 2.45) is 0 Å². The number of hydrogen-bond donors (Lipinski definition) is 1. The smallest absolute Gasteiger partial charge is 0.330 e. The summed E-state index contributed by atoms with van der Waals surface area (Å²) in [6, 6.07) is 13.8. The summed E-state index contributed by atoms with van der Waals surface area (Å²) in [5, 5.41) is 2.83. The number of carbonyl (C=O) groups excluding carboxylic acids is 2. The summed E-state index contributed by atoms with van der Waals surface area (Å²) >= 11 is 0. The molecule has 0 atom stereocenters. The van der Waals surface area contributed by atoms with Gasteiger partial charge in [-0.05, 0) is 54.8 Å². The molecule has 0 heterocycles. The summed E-state index contributed by atoms with van der Waals surface area (Å²) in [6.07, 6.45) is 3.77. The van der Waals surface area contributed by atoms with Crippen LogP contribution in [-0.2, 0) is 30.8 Å². The third-order valence-corrected chi connectivity index (χ3v) is 6.86. The molecule has 0 aliphatic heterocycles. The molecule has 172 valence electrons. The average Bonchev–Trinajstić information content (AvgIpc) is 2.78. The SMILES string of the molecule is CCOC(=O)/C=C/c1ccc(NC(=O)CCc2ccc(S(=O)(=O)N(CC)CC)cc2)cc1. The van der Waals surface area contributed by atoms with Gasteiger partial charge in [-0.2, -0.15) is 4.31 Å². The van der Waals surface area contributed by atoms with Crippen LogP contribution in [0.4, 0.5) is 5.69 Å². The average molecular weight is 459 g/mol. The highest BCUT2D eigenvalue weighted by Crippen LogP contribution is 2.17. The van der Waals surface area contributed by atoms with E-state index in [1.54, 1.807) is 61.5 Å². The lowest BCUT2D eigenvalue weighted by Crippen LogP contribution is -2.30. The van der Waals surface area contributed by atoms with Crippen molar-refractivity contribution in [1.82, 2.24) is 4.31 Å². The van der Waals surface area contributed by atoms with Crippen LogP contribution >= 0.6 is 0 Å². The summed E-state index contributed by atoms with van der Waals surface area (Å²) < 4.78 is 31.3. The fraction of sp³-hybridized carbons (Fsp3) is 0.333. The van der Waals surface area contributed by atoms with Crippen molar-refractivity contribution in [3.63, 3.8) is 0 Å². The van der Waals surface area contributed by atoms with E-state index in [-0.39, 0.29) is 17.2 Å². The van der Waals surface area contributed by atoms with Crippen LogP contribution in [0, 0.1) is 0 Å². The van der Waals surface area contributed by atoms with Crippen LogP contribution in [-0.4, -0.2) is 44.3 Å². The third kappa shape index (κ3) is 7.32. The van der Waals surface area contributed by atoms with E-state index in [0.717, 1.165) is 11.1 Å². The van der Waals surface area contributed by atoms with E-state index in [1.165, 1.54) is 10.4 Å². The number of benzene rings is 2. The first-order chi connectivity index (χ1) is 15.3. The predicted octanol–water partition coefficient (Wildman–Crippen LogP) is 3.86. The van der Waals surface area contributed by atoms with Crippen LogP contribution in [0.15, 0.2) is 59.5 Å². The van der Waals surface area contributed by atoms with Gasteiger partial charge in [0.1, 0.15) is 0 Å². The van der Waals surface area contributed by atoms with E-state index in [4.69, 9.17) is 4.74 Å². The Balaban J connectivity index is 1.88. The maximum atomic E-state index is 12.5. The van der Waals surface area contributed by atoms with Gasteiger partial charge in [0.2, 0.25) is 15.9 Å². The van der Waals surface area contributed by atoms with Crippen molar-refractivity contribution in [3.05, 3.63) is 65.7 Å². The van der Waals surface area contributed by atoms with Gasteiger partial charge in [0.25, 0.3) is 0 Å². The minimum atomic E-state index is -3.48.